The number of ether oxygens (including phenoxy) is 1. The van der Waals surface area contributed by atoms with E-state index in [4.69, 9.17) is 4.74 Å². The molecule has 2 fully saturated rings. The minimum Gasteiger partial charge on any atom is -0.369 e. The molecule has 2 aliphatic rings. The summed E-state index contributed by atoms with van der Waals surface area (Å²) in [6, 6.07) is 0. The molecule has 1 heteroatoms. The zero-order valence-corrected chi connectivity index (χ0v) is 4.13. The third-order valence-corrected chi connectivity index (χ3v) is 1.57. The molecule has 1 aliphatic heterocycles. The van der Waals surface area contributed by atoms with Crippen molar-refractivity contribution in [2.45, 2.75) is 25.0 Å². The Labute approximate surface area is 43.7 Å². The van der Waals surface area contributed by atoms with Gasteiger partial charge < -0.3 is 4.74 Å². The van der Waals surface area contributed by atoms with Gasteiger partial charge in [-0.1, -0.05) is 0 Å². The van der Waals surface area contributed by atoms with Crippen molar-refractivity contribution in [2.24, 2.45) is 0 Å². The smallest absolute Gasteiger partial charge is 0.0876 e. The van der Waals surface area contributed by atoms with Crippen molar-refractivity contribution in [1.82, 2.24) is 0 Å². The highest BCUT2D eigenvalue weighted by Crippen LogP contribution is 2.34. The molecule has 1 heterocycles. The molecule has 0 amide bonds. The van der Waals surface area contributed by atoms with Crippen molar-refractivity contribution in [3.8, 4) is 0 Å². The Bertz CT molecular complexity index is 70.2. The first kappa shape index (κ1) is 3.90. The minimum absolute atomic E-state index is 0.522. The molecule has 0 bridgehead atoms. The Kier molecular flexibility index (Phi) is 0.680. The number of rotatable bonds is 0. The number of fused-ring (bicyclic) bond motifs is 1. The Morgan fingerprint density at radius 2 is 2.57 bits per heavy atom. The summed E-state index contributed by atoms with van der Waals surface area (Å²) in [4.78, 5) is 0. The molecule has 2 rings (SSSR count). The summed E-state index contributed by atoms with van der Waals surface area (Å²) in [7, 11) is 0. The predicted molar refractivity (Wildman–Crippen MR) is 26.5 cm³/mol. The van der Waals surface area contributed by atoms with E-state index in [0.717, 1.165) is 0 Å². The van der Waals surface area contributed by atoms with Crippen LogP contribution in [-0.4, -0.2) is 12.2 Å². The van der Waals surface area contributed by atoms with Gasteiger partial charge in [0, 0.05) is 0 Å². The lowest BCUT2D eigenvalue weighted by molar-refractivity contribution is 0.384. The van der Waals surface area contributed by atoms with Gasteiger partial charge in [0.05, 0.1) is 12.2 Å². The summed E-state index contributed by atoms with van der Waals surface area (Å²) in [6.07, 6.45) is 7.98. The van der Waals surface area contributed by atoms with Crippen LogP contribution in [0.5, 0.6) is 0 Å². The summed E-state index contributed by atoms with van der Waals surface area (Å²) in [6.45, 7) is 0. The molecule has 0 N–H and O–H groups in total. The normalized spacial score (nSPS) is 48.0. The molecule has 1 saturated carbocycles. The largest absolute Gasteiger partial charge is 0.369 e. The Hall–Kier alpha value is -0.0400. The van der Waals surface area contributed by atoms with E-state index in [2.05, 4.69) is 12.8 Å². The van der Waals surface area contributed by atoms with Crippen LogP contribution in [0.15, 0.2) is 0 Å². The molecule has 0 aromatic carbocycles. The third kappa shape index (κ3) is 0.556. The van der Waals surface area contributed by atoms with Gasteiger partial charge >= 0.3 is 0 Å². The van der Waals surface area contributed by atoms with Crippen LogP contribution in [0.3, 0.4) is 0 Å². The molecule has 0 aromatic rings. The van der Waals surface area contributed by atoms with Crippen LogP contribution in [0, 0.1) is 12.8 Å². The standard InChI is InChI=1S/C6H8O/c1-2-4-6-5(3-1)7-6/h1,3,5-6H,2,4H2. The van der Waals surface area contributed by atoms with Gasteiger partial charge in [0.25, 0.3) is 0 Å². The molecule has 7 heavy (non-hydrogen) atoms. The lowest BCUT2D eigenvalue weighted by Gasteiger charge is -1.99. The monoisotopic (exact) mass is 96.1 g/mol. The third-order valence-electron chi connectivity index (χ3n) is 1.57. The maximum Gasteiger partial charge on any atom is 0.0876 e. The Balaban J connectivity index is 1.95. The fourth-order valence-electron chi connectivity index (χ4n) is 1.05. The molecule has 0 aromatic heterocycles. The second-order valence-corrected chi connectivity index (χ2v) is 2.14. The molecule has 0 spiro atoms. The zero-order chi connectivity index (χ0) is 4.69. The SMILES string of the molecule is [CH]1[CH]C2OC2CC1. The second-order valence-electron chi connectivity index (χ2n) is 2.14. The number of epoxide rings is 1. The van der Waals surface area contributed by atoms with E-state index in [1.165, 1.54) is 12.8 Å². The predicted octanol–water partition coefficient (Wildman–Crippen LogP) is 0.956. The quantitative estimate of drug-likeness (QED) is 0.409. The number of hydrogen-bond acceptors (Lipinski definition) is 1. The van der Waals surface area contributed by atoms with Gasteiger partial charge in [0.1, 0.15) is 0 Å². The first-order chi connectivity index (χ1) is 3.47. The van der Waals surface area contributed by atoms with Gasteiger partial charge in [0.2, 0.25) is 0 Å². The van der Waals surface area contributed by atoms with Crippen molar-refractivity contribution >= 4 is 0 Å². The van der Waals surface area contributed by atoms with E-state index >= 15 is 0 Å². The number of hydrogen-bond donors (Lipinski definition) is 0. The molecule has 1 nitrogen and oxygen atoms in total. The molecule has 2 unspecified atom stereocenters. The average Bonchev–Trinajstić information content (AvgIpc) is 2.41. The van der Waals surface area contributed by atoms with Gasteiger partial charge in [-0.3, -0.25) is 0 Å². The highest BCUT2D eigenvalue weighted by atomic mass is 16.6. The van der Waals surface area contributed by atoms with E-state index in [1.54, 1.807) is 0 Å². The molecular weight excluding hydrogens is 88.1 g/mol. The highest BCUT2D eigenvalue weighted by Gasteiger charge is 2.40. The maximum atomic E-state index is 5.19. The van der Waals surface area contributed by atoms with Crippen LogP contribution in [0.25, 0.3) is 0 Å². The van der Waals surface area contributed by atoms with Crippen LogP contribution in [0.4, 0.5) is 0 Å². The van der Waals surface area contributed by atoms with Gasteiger partial charge in [-0.05, 0) is 25.7 Å². The fraction of sp³-hybridized carbons (Fsp3) is 0.667. The van der Waals surface area contributed by atoms with Gasteiger partial charge in [-0.2, -0.15) is 0 Å². The van der Waals surface area contributed by atoms with E-state index in [-0.39, 0.29) is 0 Å². The zero-order valence-electron chi connectivity index (χ0n) is 4.13. The molecule has 38 valence electrons. The minimum atomic E-state index is 0.522. The summed E-state index contributed by atoms with van der Waals surface area (Å²) in [5.41, 5.74) is 0. The molecule has 2 atom stereocenters. The lowest BCUT2D eigenvalue weighted by Crippen LogP contribution is -2.01. The fourth-order valence-corrected chi connectivity index (χ4v) is 1.05. The Morgan fingerprint density at radius 3 is 3.14 bits per heavy atom. The first-order valence-electron chi connectivity index (χ1n) is 2.79. The van der Waals surface area contributed by atoms with E-state index in [1.807, 2.05) is 0 Å². The first-order valence-corrected chi connectivity index (χ1v) is 2.79. The van der Waals surface area contributed by atoms with Crippen LogP contribution in [0.1, 0.15) is 12.8 Å². The van der Waals surface area contributed by atoms with Crippen LogP contribution >= 0.6 is 0 Å². The summed E-state index contributed by atoms with van der Waals surface area (Å²) >= 11 is 0. The molecule has 1 saturated heterocycles. The van der Waals surface area contributed by atoms with Crippen LogP contribution in [0.2, 0.25) is 0 Å². The topological polar surface area (TPSA) is 12.5 Å². The molecular formula is C6H8O. The van der Waals surface area contributed by atoms with E-state index in [0.29, 0.717) is 12.2 Å². The van der Waals surface area contributed by atoms with Gasteiger partial charge in [0.15, 0.2) is 0 Å². The van der Waals surface area contributed by atoms with Gasteiger partial charge in [-0.15, -0.1) is 0 Å². The van der Waals surface area contributed by atoms with Crippen molar-refractivity contribution in [3.63, 3.8) is 0 Å². The lowest BCUT2D eigenvalue weighted by atomic mass is 10.0. The van der Waals surface area contributed by atoms with Crippen molar-refractivity contribution < 1.29 is 4.74 Å². The molecule has 2 radical (unpaired) electrons. The molecule has 1 aliphatic carbocycles. The highest BCUT2D eigenvalue weighted by molar-refractivity contribution is 5.07. The Morgan fingerprint density at radius 1 is 1.57 bits per heavy atom. The van der Waals surface area contributed by atoms with Crippen molar-refractivity contribution in [2.75, 3.05) is 0 Å². The van der Waals surface area contributed by atoms with Crippen molar-refractivity contribution in [1.29, 1.82) is 0 Å². The second kappa shape index (κ2) is 1.22. The van der Waals surface area contributed by atoms with Gasteiger partial charge in [-0.25, -0.2) is 0 Å². The summed E-state index contributed by atoms with van der Waals surface area (Å²) < 4.78 is 5.19. The summed E-state index contributed by atoms with van der Waals surface area (Å²) in [5.74, 6) is 0. The average molecular weight is 96.1 g/mol. The van der Waals surface area contributed by atoms with E-state index in [9.17, 15) is 0 Å². The van der Waals surface area contributed by atoms with Crippen molar-refractivity contribution in [3.05, 3.63) is 12.8 Å². The van der Waals surface area contributed by atoms with E-state index < -0.39 is 0 Å². The summed E-state index contributed by atoms with van der Waals surface area (Å²) in [5, 5.41) is 0. The van der Waals surface area contributed by atoms with Crippen LogP contribution in [-0.2, 0) is 4.74 Å². The maximum absolute atomic E-state index is 5.19. The van der Waals surface area contributed by atoms with Crippen LogP contribution < -0.4 is 0 Å².